The van der Waals surface area contributed by atoms with Crippen molar-refractivity contribution < 1.29 is 4.74 Å². The molecule has 10 heavy (non-hydrogen) atoms. The number of rotatable bonds is 1. The Bertz CT molecular complexity index is 169. The van der Waals surface area contributed by atoms with Crippen LogP contribution in [-0.2, 0) is 4.74 Å². The summed E-state index contributed by atoms with van der Waals surface area (Å²) in [5.41, 5.74) is 2.57. The molecule has 0 aromatic carbocycles. The molecule has 0 fully saturated rings. The summed E-state index contributed by atoms with van der Waals surface area (Å²) in [6.07, 6.45) is 1.36. The van der Waals surface area contributed by atoms with Crippen LogP contribution in [-0.4, -0.2) is 23.5 Å². The molecule has 6 heteroatoms. The molecule has 0 amide bonds. The van der Waals surface area contributed by atoms with Crippen molar-refractivity contribution in [1.82, 2.24) is 9.95 Å². The van der Waals surface area contributed by atoms with Crippen LogP contribution in [0.5, 0.6) is 0 Å². The van der Waals surface area contributed by atoms with E-state index in [9.17, 15) is 0 Å². The highest BCUT2D eigenvalue weighted by Crippen LogP contribution is 1.97. The Morgan fingerprint density at radius 2 is 2.70 bits per heavy atom. The standard InChI is InChI=1S/C4H7ClN4O/c1-2-10-4-8-6-3-7-9(4)5/h3H,2H2,1H3,(H,6,7). The Morgan fingerprint density at radius 3 is 3.30 bits per heavy atom. The van der Waals surface area contributed by atoms with E-state index in [1.165, 1.54) is 6.34 Å². The molecule has 1 aliphatic rings. The first-order valence-corrected chi connectivity index (χ1v) is 3.12. The minimum Gasteiger partial charge on any atom is -0.462 e. The molecule has 0 unspecified atom stereocenters. The molecule has 0 aromatic heterocycles. The third-order valence-electron chi connectivity index (χ3n) is 0.813. The first-order chi connectivity index (χ1) is 4.84. The van der Waals surface area contributed by atoms with E-state index >= 15 is 0 Å². The van der Waals surface area contributed by atoms with Gasteiger partial charge in [0.25, 0.3) is 0 Å². The van der Waals surface area contributed by atoms with E-state index in [1.54, 1.807) is 0 Å². The molecule has 0 atom stereocenters. The molecule has 0 saturated carbocycles. The van der Waals surface area contributed by atoms with Crippen LogP contribution in [0, 0.1) is 0 Å². The lowest BCUT2D eigenvalue weighted by atomic mass is 10.9. The third kappa shape index (κ3) is 1.51. The molecule has 1 heterocycles. The van der Waals surface area contributed by atoms with Crippen molar-refractivity contribution in [3.63, 3.8) is 0 Å². The van der Waals surface area contributed by atoms with E-state index < -0.39 is 0 Å². The number of nitrogens with zero attached hydrogens (tertiary/aromatic N) is 3. The molecular weight excluding hydrogens is 156 g/mol. The predicted molar refractivity (Wildman–Crippen MR) is 38.4 cm³/mol. The van der Waals surface area contributed by atoms with E-state index in [0.717, 1.165) is 4.53 Å². The van der Waals surface area contributed by atoms with Crippen molar-refractivity contribution in [2.24, 2.45) is 10.2 Å². The zero-order valence-electron chi connectivity index (χ0n) is 5.41. The van der Waals surface area contributed by atoms with Gasteiger partial charge in [0.1, 0.15) is 6.34 Å². The normalized spacial score (nSPS) is 16.2. The van der Waals surface area contributed by atoms with Crippen LogP contribution < -0.4 is 5.43 Å². The molecule has 56 valence electrons. The first-order valence-electron chi connectivity index (χ1n) is 2.79. The van der Waals surface area contributed by atoms with E-state index in [0.29, 0.717) is 6.61 Å². The predicted octanol–water partition coefficient (Wildman–Crippen LogP) is 0.296. The Kier molecular flexibility index (Phi) is 2.33. The van der Waals surface area contributed by atoms with Crippen LogP contribution in [0.2, 0.25) is 0 Å². The van der Waals surface area contributed by atoms with Gasteiger partial charge in [-0.3, -0.25) is 5.43 Å². The summed E-state index contributed by atoms with van der Waals surface area (Å²) in [5.74, 6) is 0. The Balaban J connectivity index is 2.52. The highest BCUT2D eigenvalue weighted by molar-refractivity contribution is 6.21. The van der Waals surface area contributed by atoms with Crippen molar-refractivity contribution >= 4 is 24.1 Å². The Morgan fingerprint density at radius 1 is 1.90 bits per heavy atom. The van der Waals surface area contributed by atoms with E-state index in [2.05, 4.69) is 15.6 Å². The number of nitrogens with one attached hydrogen (secondary N) is 1. The van der Waals surface area contributed by atoms with Crippen LogP contribution in [0.1, 0.15) is 6.92 Å². The molecule has 0 aromatic rings. The van der Waals surface area contributed by atoms with Gasteiger partial charge in [-0.2, -0.15) is 0 Å². The minimum absolute atomic E-state index is 0.256. The molecule has 0 saturated heterocycles. The largest absolute Gasteiger partial charge is 0.462 e. The smallest absolute Gasteiger partial charge is 0.346 e. The summed E-state index contributed by atoms with van der Waals surface area (Å²) < 4.78 is 6.08. The Hall–Kier alpha value is -0.970. The van der Waals surface area contributed by atoms with Gasteiger partial charge < -0.3 is 4.74 Å². The van der Waals surface area contributed by atoms with Crippen LogP contribution in [0.3, 0.4) is 0 Å². The molecule has 0 radical (unpaired) electrons. The number of ether oxygens (including phenoxy) is 1. The summed E-state index contributed by atoms with van der Waals surface area (Å²) >= 11 is 5.54. The topological polar surface area (TPSA) is 49.2 Å². The van der Waals surface area contributed by atoms with E-state index in [4.69, 9.17) is 16.5 Å². The SMILES string of the molecule is CCOC1=NN=CNN1Cl. The average molecular weight is 163 g/mol. The fourth-order valence-electron chi connectivity index (χ4n) is 0.464. The fourth-order valence-corrected chi connectivity index (χ4v) is 0.590. The van der Waals surface area contributed by atoms with E-state index in [1.807, 2.05) is 6.92 Å². The molecule has 1 rings (SSSR count). The summed E-state index contributed by atoms with van der Waals surface area (Å²) in [5, 5.41) is 7.12. The summed E-state index contributed by atoms with van der Waals surface area (Å²) in [6.45, 7) is 2.35. The van der Waals surface area contributed by atoms with Gasteiger partial charge in [-0.1, -0.05) is 5.10 Å². The van der Waals surface area contributed by atoms with Crippen molar-refractivity contribution in [3.8, 4) is 0 Å². The number of halogens is 1. The number of hydrogen-bond donors (Lipinski definition) is 1. The second kappa shape index (κ2) is 3.26. The number of amidine groups is 1. The van der Waals surface area contributed by atoms with Crippen molar-refractivity contribution in [2.45, 2.75) is 6.92 Å². The molecule has 5 nitrogen and oxygen atoms in total. The summed E-state index contributed by atoms with van der Waals surface area (Å²) in [6, 6.07) is 0.256. The summed E-state index contributed by atoms with van der Waals surface area (Å²) in [7, 11) is 0. The molecule has 1 aliphatic heterocycles. The van der Waals surface area contributed by atoms with Crippen molar-refractivity contribution in [2.75, 3.05) is 6.61 Å². The number of hydrogen-bond acceptors (Lipinski definition) is 5. The first kappa shape index (κ1) is 7.14. The monoisotopic (exact) mass is 162 g/mol. The zero-order chi connectivity index (χ0) is 7.40. The summed E-state index contributed by atoms with van der Waals surface area (Å²) in [4.78, 5) is 0. The van der Waals surface area contributed by atoms with Crippen molar-refractivity contribution in [1.29, 1.82) is 0 Å². The average Bonchev–Trinajstić information content (AvgIpc) is 1.94. The molecular formula is C4H7ClN4O. The highest BCUT2D eigenvalue weighted by Gasteiger charge is 2.10. The molecule has 0 spiro atoms. The van der Waals surface area contributed by atoms with Gasteiger partial charge in [-0.15, -0.1) is 9.63 Å². The van der Waals surface area contributed by atoms with Gasteiger partial charge in [0.15, 0.2) is 0 Å². The molecule has 0 bridgehead atoms. The third-order valence-corrected chi connectivity index (χ3v) is 1.06. The van der Waals surface area contributed by atoms with Crippen LogP contribution in [0.4, 0.5) is 0 Å². The van der Waals surface area contributed by atoms with Gasteiger partial charge in [0, 0.05) is 11.8 Å². The minimum atomic E-state index is 0.256. The van der Waals surface area contributed by atoms with Gasteiger partial charge in [0.05, 0.1) is 6.61 Å². The van der Waals surface area contributed by atoms with Gasteiger partial charge in [-0.25, -0.2) is 0 Å². The lowest BCUT2D eigenvalue weighted by Crippen LogP contribution is -2.37. The maximum atomic E-state index is 5.54. The van der Waals surface area contributed by atoms with Gasteiger partial charge in [-0.05, 0) is 6.92 Å². The van der Waals surface area contributed by atoms with Crippen LogP contribution >= 0.6 is 11.8 Å². The fraction of sp³-hybridized carbons (Fsp3) is 0.500. The second-order valence-corrected chi connectivity index (χ2v) is 1.81. The van der Waals surface area contributed by atoms with E-state index in [-0.39, 0.29) is 6.02 Å². The zero-order valence-corrected chi connectivity index (χ0v) is 6.17. The maximum absolute atomic E-state index is 5.54. The second-order valence-electron chi connectivity index (χ2n) is 1.47. The number of hydrazine groups is 1. The quantitative estimate of drug-likeness (QED) is 0.564. The van der Waals surface area contributed by atoms with Crippen LogP contribution in [0.25, 0.3) is 0 Å². The lowest BCUT2D eigenvalue weighted by molar-refractivity contribution is 0.273. The molecule has 1 N–H and O–H groups in total. The highest BCUT2D eigenvalue weighted by atomic mass is 35.5. The van der Waals surface area contributed by atoms with Gasteiger partial charge in [0.2, 0.25) is 0 Å². The Labute approximate surface area is 63.4 Å². The van der Waals surface area contributed by atoms with Crippen LogP contribution in [0.15, 0.2) is 10.2 Å². The van der Waals surface area contributed by atoms with Gasteiger partial charge >= 0.3 is 6.02 Å². The maximum Gasteiger partial charge on any atom is 0.346 e. The van der Waals surface area contributed by atoms with Crippen molar-refractivity contribution in [3.05, 3.63) is 0 Å². The molecule has 0 aliphatic carbocycles. The lowest BCUT2D eigenvalue weighted by Gasteiger charge is -2.17.